The Bertz CT molecular complexity index is 638. The van der Waals surface area contributed by atoms with Crippen LogP contribution < -0.4 is 5.32 Å². The number of thioether (sulfide) groups is 1. The zero-order chi connectivity index (χ0) is 14.7. The number of halogens is 2. The summed E-state index contributed by atoms with van der Waals surface area (Å²) in [5.41, 5.74) is 2.19. The summed E-state index contributed by atoms with van der Waals surface area (Å²) in [6.45, 7) is 0. The number of hydrogen-bond acceptors (Lipinski definition) is 3. The highest BCUT2D eigenvalue weighted by Crippen LogP contribution is 2.26. The lowest BCUT2D eigenvalue weighted by atomic mass is 10.1. The van der Waals surface area contributed by atoms with Crippen LogP contribution >= 0.6 is 35.0 Å². The number of anilines is 1. The molecule has 1 atom stereocenters. The van der Waals surface area contributed by atoms with E-state index < -0.39 is 0 Å². The SMILES string of the molecule is Clc1cc(Cl)cc(NC2=NC(Cc3ccccc3)CS2)c1. The molecule has 1 aliphatic rings. The highest BCUT2D eigenvalue weighted by atomic mass is 35.5. The van der Waals surface area contributed by atoms with Crippen molar-refractivity contribution in [1.82, 2.24) is 0 Å². The molecule has 2 aromatic carbocycles. The van der Waals surface area contributed by atoms with E-state index in [0.717, 1.165) is 23.0 Å². The van der Waals surface area contributed by atoms with E-state index in [2.05, 4.69) is 29.6 Å². The number of nitrogens with zero attached hydrogens (tertiary/aromatic N) is 1. The van der Waals surface area contributed by atoms with Crippen LogP contribution in [0.15, 0.2) is 53.5 Å². The van der Waals surface area contributed by atoms with Gasteiger partial charge in [-0.15, -0.1) is 0 Å². The van der Waals surface area contributed by atoms with Crippen molar-refractivity contribution in [3.63, 3.8) is 0 Å². The average Bonchev–Trinajstić information content (AvgIpc) is 2.86. The fourth-order valence-corrected chi connectivity index (χ4v) is 3.71. The number of hydrogen-bond donors (Lipinski definition) is 1. The highest BCUT2D eigenvalue weighted by molar-refractivity contribution is 8.14. The van der Waals surface area contributed by atoms with Crippen LogP contribution in [0.2, 0.25) is 10.0 Å². The summed E-state index contributed by atoms with van der Waals surface area (Å²) in [7, 11) is 0. The predicted octanol–water partition coefficient (Wildman–Crippen LogP) is 5.12. The first-order valence-corrected chi connectivity index (χ1v) is 8.41. The molecular weight excluding hydrogens is 323 g/mol. The van der Waals surface area contributed by atoms with E-state index in [1.807, 2.05) is 18.2 Å². The molecule has 0 spiro atoms. The standard InChI is InChI=1S/C16H14Cl2N2S/c17-12-7-13(18)9-14(8-12)19-16-20-15(10-21-16)6-11-4-2-1-3-5-11/h1-5,7-9,15H,6,10H2,(H,19,20). The van der Waals surface area contributed by atoms with Crippen molar-refractivity contribution in [1.29, 1.82) is 0 Å². The number of aliphatic imine (C=N–C) groups is 1. The van der Waals surface area contributed by atoms with E-state index in [4.69, 9.17) is 28.2 Å². The Morgan fingerprint density at radius 1 is 1.10 bits per heavy atom. The minimum Gasteiger partial charge on any atom is -0.335 e. The zero-order valence-electron chi connectivity index (χ0n) is 11.2. The third-order valence-corrected chi connectivity index (χ3v) is 4.61. The van der Waals surface area contributed by atoms with Crippen molar-refractivity contribution < 1.29 is 0 Å². The van der Waals surface area contributed by atoms with Gasteiger partial charge < -0.3 is 5.32 Å². The van der Waals surface area contributed by atoms with Crippen molar-refractivity contribution in [2.24, 2.45) is 4.99 Å². The van der Waals surface area contributed by atoms with Gasteiger partial charge in [0, 0.05) is 21.5 Å². The van der Waals surface area contributed by atoms with Gasteiger partial charge in [0.25, 0.3) is 0 Å². The van der Waals surface area contributed by atoms with Crippen LogP contribution in [0.1, 0.15) is 5.56 Å². The molecule has 0 amide bonds. The maximum Gasteiger partial charge on any atom is 0.161 e. The topological polar surface area (TPSA) is 24.4 Å². The molecule has 0 fully saturated rings. The Labute approximate surface area is 138 Å². The van der Waals surface area contributed by atoms with Gasteiger partial charge in [0.1, 0.15) is 0 Å². The van der Waals surface area contributed by atoms with Gasteiger partial charge in [0.15, 0.2) is 5.17 Å². The van der Waals surface area contributed by atoms with Crippen LogP contribution in [0.25, 0.3) is 0 Å². The molecule has 2 nitrogen and oxygen atoms in total. The van der Waals surface area contributed by atoms with Crippen LogP contribution in [0.4, 0.5) is 5.69 Å². The van der Waals surface area contributed by atoms with E-state index >= 15 is 0 Å². The normalized spacial score (nSPS) is 17.6. The van der Waals surface area contributed by atoms with E-state index in [1.54, 1.807) is 17.8 Å². The molecular formula is C16H14Cl2N2S. The summed E-state index contributed by atoms with van der Waals surface area (Å²) in [5, 5.41) is 5.45. The lowest BCUT2D eigenvalue weighted by molar-refractivity contribution is 0.762. The maximum absolute atomic E-state index is 6.00. The molecule has 0 saturated carbocycles. The lowest BCUT2D eigenvalue weighted by Gasteiger charge is -2.06. The average molecular weight is 337 g/mol. The van der Waals surface area contributed by atoms with Crippen LogP contribution in [0.3, 0.4) is 0 Å². The monoisotopic (exact) mass is 336 g/mol. The molecule has 1 N–H and O–H groups in total. The third kappa shape index (κ3) is 4.16. The quantitative estimate of drug-likeness (QED) is 0.841. The number of rotatable bonds is 3. The van der Waals surface area contributed by atoms with Crippen molar-refractivity contribution in [3.05, 3.63) is 64.1 Å². The van der Waals surface area contributed by atoms with Crippen molar-refractivity contribution >= 4 is 45.8 Å². The molecule has 2 aromatic rings. The summed E-state index contributed by atoms with van der Waals surface area (Å²) in [6.07, 6.45) is 0.968. The minimum atomic E-state index is 0.314. The second-order valence-corrected chi connectivity index (χ2v) is 6.75. The van der Waals surface area contributed by atoms with Gasteiger partial charge in [-0.2, -0.15) is 0 Å². The number of benzene rings is 2. The summed E-state index contributed by atoms with van der Waals surface area (Å²) >= 11 is 13.7. The van der Waals surface area contributed by atoms with Crippen molar-refractivity contribution in [3.8, 4) is 0 Å². The Kier molecular flexibility index (Phi) is 4.73. The second kappa shape index (κ2) is 6.73. The Morgan fingerprint density at radius 2 is 1.81 bits per heavy atom. The minimum absolute atomic E-state index is 0.314. The van der Waals surface area contributed by atoms with Crippen molar-refractivity contribution in [2.45, 2.75) is 12.5 Å². The second-order valence-electron chi connectivity index (χ2n) is 4.87. The largest absolute Gasteiger partial charge is 0.335 e. The predicted molar refractivity (Wildman–Crippen MR) is 93.9 cm³/mol. The first-order chi connectivity index (χ1) is 10.2. The van der Waals surface area contributed by atoms with Crippen molar-refractivity contribution in [2.75, 3.05) is 11.1 Å². The lowest BCUT2D eigenvalue weighted by Crippen LogP contribution is -2.08. The van der Waals surface area contributed by atoms with E-state index in [0.29, 0.717) is 16.1 Å². The molecule has 1 aliphatic heterocycles. The zero-order valence-corrected chi connectivity index (χ0v) is 13.6. The first kappa shape index (κ1) is 14.8. The van der Waals surface area contributed by atoms with Gasteiger partial charge in [-0.1, -0.05) is 65.3 Å². The highest BCUT2D eigenvalue weighted by Gasteiger charge is 2.18. The fourth-order valence-electron chi connectivity index (χ4n) is 2.22. The fraction of sp³-hybridized carbons (Fsp3) is 0.188. The summed E-state index contributed by atoms with van der Waals surface area (Å²) in [5.74, 6) is 0.992. The number of amidine groups is 1. The molecule has 0 bridgehead atoms. The molecule has 0 aromatic heterocycles. The van der Waals surface area contributed by atoms with Crippen LogP contribution in [-0.4, -0.2) is 17.0 Å². The van der Waals surface area contributed by atoms with Gasteiger partial charge in [0.2, 0.25) is 0 Å². The van der Waals surface area contributed by atoms with Gasteiger partial charge in [0.05, 0.1) is 6.04 Å². The molecule has 0 aliphatic carbocycles. The smallest absolute Gasteiger partial charge is 0.161 e. The molecule has 1 heterocycles. The summed E-state index contributed by atoms with van der Waals surface area (Å²) in [4.78, 5) is 4.72. The Balaban J connectivity index is 1.66. The molecule has 21 heavy (non-hydrogen) atoms. The van der Waals surface area contributed by atoms with Crippen LogP contribution in [0, 0.1) is 0 Å². The molecule has 3 rings (SSSR count). The van der Waals surface area contributed by atoms with Gasteiger partial charge in [-0.05, 0) is 30.2 Å². The van der Waals surface area contributed by atoms with Gasteiger partial charge >= 0.3 is 0 Å². The summed E-state index contributed by atoms with van der Waals surface area (Å²) in [6, 6.07) is 16.2. The van der Waals surface area contributed by atoms with Crippen LogP contribution in [-0.2, 0) is 6.42 Å². The van der Waals surface area contributed by atoms with E-state index in [9.17, 15) is 0 Å². The van der Waals surface area contributed by atoms with Gasteiger partial charge in [-0.25, -0.2) is 0 Å². The molecule has 0 saturated heterocycles. The molecule has 1 unspecified atom stereocenters. The van der Waals surface area contributed by atoms with E-state index in [1.165, 1.54) is 5.56 Å². The molecule has 5 heteroatoms. The van der Waals surface area contributed by atoms with Gasteiger partial charge in [-0.3, -0.25) is 4.99 Å². The number of nitrogens with one attached hydrogen (secondary N) is 1. The first-order valence-electron chi connectivity index (χ1n) is 6.67. The maximum atomic E-state index is 6.00. The molecule has 0 radical (unpaired) electrons. The molecule has 108 valence electrons. The van der Waals surface area contributed by atoms with Crippen LogP contribution in [0.5, 0.6) is 0 Å². The van der Waals surface area contributed by atoms with E-state index in [-0.39, 0.29) is 0 Å². The Morgan fingerprint density at radius 3 is 2.52 bits per heavy atom. The third-order valence-electron chi connectivity index (χ3n) is 3.14. The Hall–Kier alpha value is -1.16. The summed E-state index contributed by atoms with van der Waals surface area (Å²) < 4.78 is 0.